The molecule has 2 atom stereocenters. The number of nitrogens with zero attached hydrogens (tertiary/aromatic N) is 6. The second-order valence-corrected chi connectivity index (χ2v) is 9.26. The maximum absolute atomic E-state index is 12.9. The molecule has 0 bridgehead atoms. The molecule has 2 fully saturated rings. The molecule has 2 aliphatic heterocycles. The Morgan fingerprint density at radius 2 is 2.06 bits per heavy atom. The van der Waals surface area contributed by atoms with Gasteiger partial charge in [0.15, 0.2) is 6.23 Å². The molecule has 0 aliphatic carbocycles. The van der Waals surface area contributed by atoms with Crippen molar-refractivity contribution in [3.8, 4) is 5.69 Å². The summed E-state index contributed by atoms with van der Waals surface area (Å²) in [5, 5.41) is 11.2. The molecule has 0 saturated carbocycles. The second-order valence-electron chi connectivity index (χ2n) is 9.26. The van der Waals surface area contributed by atoms with E-state index in [0.29, 0.717) is 0 Å². The molecule has 176 valence electrons. The summed E-state index contributed by atoms with van der Waals surface area (Å²) in [6.07, 6.45) is 10.9. The van der Waals surface area contributed by atoms with Crippen molar-refractivity contribution in [3.63, 3.8) is 0 Å². The Morgan fingerprint density at radius 1 is 1.09 bits per heavy atom. The summed E-state index contributed by atoms with van der Waals surface area (Å²) in [5.74, 6) is 0.937. The summed E-state index contributed by atoms with van der Waals surface area (Å²) in [5.41, 5.74) is 1.75. The number of pyridine rings is 1. The summed E-state index contributed by atoms with van der Waals surface area (Å²) in [6.45, 7) is 3.49. The molecule has 9 nitrogen and oxygen atoms in total. The molecule has 0 spiro atoms. The highest BCUT2D eigenvalue weighted by Crippen LogP contribution is 2.28. The largest absolute Gasteiger partial charge is 0.357 e. The van der Waals surface area contributed by atoms with E-state index in [4.69, 9.17) is 9.84 Å². The molecular weight excluding hydrogens is 430 g/mol. The van der Waals surface area contributed by atoms with Crippen molar-refractivity contribution in [2.75, 3.05) is 19.7 Å². The zero-order valence-electron chi connectivity index (χ0n) is 19.1. The van der Waals surface area contributed by atoms with E-state index in [9.17, 15) is 4.79 Å². The average Bonchev–Trinajstić information content (AvgIpc) is 3.51. The van der Waals surface area contributed by atoms with Gasteiger partial charge >= 0.3 is 5.69 Å². The van der Waals surface area contributed by atoms with Crippen LogP contribution in [-0.2, 0) is 11.3 Å². The maximum Gasteiger partial charge on any atom is 0.348 e. The summed E-state index contributed by atoms with van der Waals surface area (Å²) < 4.78 is 9.50. The lowest BCUT2D eigenvalue weighted by molar-refractivity contribution is -0.0422. The molecule has 6 rings (SSSR count). The van der Waals surface area contributed by atoms with Crippen molar-refractivity contribution in [1.82, 2.24) is 34.4 Å². The fourth-order valence-electron chi connectivity index (χ4n) is 5.27. The molecule has 1 N–H and O–H groups in total. The first-order valence-electron chi connectivity index (χ1n) is 12.1. The van der Waals surface area contributed by atoms with Crippen LogP contribution in [0.2, 0.25) is 0 Å². The van der Waals surface area contributed by atoms with E-state index in [1.165, 1.54) is 16.8 Å². The number of aromatic amines is 1. The molecule has 9 heteroatoms. The summed E-state index contributed by atoms with van der Waals surface area (Å²) >= 11 is 0. The zero-order chi connectivity index (χ0) is 22.9. The van der Waals surface area contributed by atoms with Gasteiger partial charge in [-0.05, 0) is 56.8 Å². The summed E-state index contributed by atoms with van der Waals surface area (Å²) in [6, 6.07) is 9.87. The number of nitrogens with one attached hydrogen (secondary N) is 1. The van der Waals surface area contributed by atoms with Crippen LogP contribution in [0.25, 0.3) is 16.5 Å². The fourth-order valence-corrected chi connectivity index (χ4v) is 5.27. The van der Waals surface area contributed by atoms with E-state index in [1.807, 2.05) is 30.5 Å². The molecule has 0 amide bonds. The lowest BCUT2D eigenvalue weighted by Gasteiger charge is -2.32. The highest BCUT2D eigenvalue weighted by atomic mass is 16.5. The third-order valence-electron chi connectivity index (χ3n) is 6.98. The molecule has 2 unspecified atom stereocenters. The molecule has 34 heavy (non-hydrogen) atoms. The quantitative estimate of drug-likeness (QED) is 0.492. The van der Waals surface area contributed by atoms with E-state index >= 15 is 0 Å². The molecule has 3 aromatic heterocycles. The molecular formula is C25H29N7O2. The van der Waals surface area contributed by atoms with Gasteiger partial charge in [0.2, 0.25) is 0 Å². The summed E-state index contributed by atoms with van der Waals surface area (Å²) in [7, 11) is 0. The van der Waals surface area contributed by atoms with Gasteiger partial charge in [-0.15, -0.1) is 5.10 Å². The molecule has 5 heterocycles. The van der Waals surface area contributed by atoms with Gasteiger partial charge in [-0.1, -0.05) is 12.1 Å². The van der Waals surface area contributed by atoms with Gasteiger partial charge in [0.1, 0.15) is 5.82 Å². The minimum Gasteiger partial charge on any atom is -0.357 e. The fraction of sp³-hybridized carbons (Fsp3) is 0.440. The van der Waals surface area contributed by atoms with Crippen LogP contribution < -0.4 is 5.69 Å². The van der Waals surface area contributed by atoms with Crippen molar-refractivity contribution < 1.29 is 4.74 Å². The number of likely N-dealkylation sites (tertiary alicyclic amines) is 1. The van der Waals surface area contributed by atoms with Crippen molar-refractivity contribution >= 4 is 10.8 Å². The Hall–Kier alpha value is -3.30. The maximum atomic E-state index is 12.9. The van der Waals surface area contributed by atoms with Crippen LogP contribution in [0, 0.1) is 0 Å². The minimum atomic E-state index is -0.205. The van der Waals surface area contributed by atoms with Crippen molar-refractivity contribution in [3.05, 3.63) is 70.9 Å². The van der Waals surface area contributed by atoms with Gasteiger partial charge in [-0.2, -0.15) is 9.78 Å². The predicted octanol–water partition coefficient (Wildman–Crippen LogP) is 3.38. The number of aromatic nitrogens is 6. The first kappa shape index (κ1) is 21.2. The second kappa shape index (κ2) is 9.15. The van der Waals surface area contributed by atoms with Gasteiger partial charge < -0.3 is 4.74 Å². The predicted molar refractivity (Wildman–Crippen MR) is 128 cm³/mol. The Labute approximate surface area is 197 Å². The smallest absolute Gasteiger partial charge is 0.348 e. The van der Waals surface area contributed by atoms with Crippen molar-refractivity contribution in [2.45, 2.75) is 50.8 Å². The SMILES string of the molecule is O=c1[nH]c(C2CCCN(Cc3ccnn3C3CCCCO3)C2)nn1-c1cccc2cnccc12. The average molecular weight is 460 g/mol. The van der Waals surface area contributed by atoms with Gasteiger partial charge in [-0.3, -0.25) is 14.9 Å². The number of ether oxygens (including phenoxy) is 1. The van der Waals surface area contributed by atoms with Crippen LogP contribution in [0.5, 0.6) is 0 Å². The Kier molecular flexibility index (Phi) is 5.72. The first-order valence-corrected chi connectivity index (χ1v) is 12.1. The van der Waals surface area contributed by atoms with Crippen molar-refractivity contribution in [2.24, 2.45) is 0 Å². The number of rotatable bonds is 5. The normalized spacial score (nSPS) is 21.8. The van der Waals surface area contributed by atoms with Crippen LogP contribution in [0.15, 0.2) is 53.7 Å². The van der Waals surface area contributed by atoms with Crippen molar-refractivity contribution in [1.29, 1.82) is 0 Å². The van der Waals surface area contributed by atoms with Crippen LogP contribution in [0.3, 0.4) is 0 Å². The number of fused-ring (bicyclic) bond motifs is 1. The zero-order valence-corrected chi connectivity index (χ0v) is 19.1. The van der Waals surface area contributed by atoms with Crippen LogP contribution in [0.1, 0.15) is 55.8 Å². The minimum absolute atomic E-state index is 0.0438. The van der Waals surface area contributed by atoms with Crippen LogP contribution in [-0.4, -0.2) is 54.1 Å². The standard InChI is InChI=1S/C25H29N7O2/c33-25-28-24(29-32(25)22-7-3-5-18-15-26-11-10-21(18)22)19-6-4-13-30(16-19)17-20-9-12-27-31(20)23-8-1-2-14-34-23/h3,5,7,9-12,15,19,23H,1-2,4,6,8,13-14,16-17H2,(H,28,29,33). The molecule has 1 aromatic carbocycles. The van der Waals surface area contributed by atoms with Crippen LogP contribution in [0.4, 0.5) is 0 Å². The Bertz CT molecular complexity index is 1330. The number of hydrogen-bond acceptors (Lipinski definition) is 6. The molecule has 2 saturated heterocycles. The Morgan fingerprint density at radius 3 is 2.97 bits per heavy atom. The molecule has 4 aromatic rings. The highest BCUT2D eigenvalue weighted by molar-refractivity contribution is 5.89. The molecule has 0 radical (unpaired) electrons. The highest BCUT2D eigenvalue weighted by Gasteiger charge is 2.27. The van der Waals surface area contributed by atoms with E-state index in [0.717, 1.165) is 74.2 Å². The lowest BCUT2D eigenvalue weighted by atomic mass is 9.97. The first-order chi connectivity index (χ1) is 16.8. The Balaban J connectivity index is 1.21. The molecule has 2 aliphatic rings. The van der Waals surface area contributed by atoms with E-state index in [1.54, 1.807) is 12.4 Å². The number of hydrogen-bond donors (Lipinski definition) is 1. The number of piperidine rings is 1. The lowest BCUT2D eigenvalue weighted by Crippen LogP contribution is -2.35. The van der Waals surface area contributed by atoms with E-state index < -0.39 is 0 Å². The number of H-pyrrole nitrogens is 1. The monoisotopic (exact) mass is 459 g/mol. The van der Waals surface area contributed by atoms with Gasteiger partial charge in [0.25, 0.3) is 0 Å². The van der Waals surface area contributed by atoms with E-state index in [2.05, 4.69) is 30.7 Å². The van der Waals surface area contributed by atoms with Crippen LogP contribution >= 0.6 is 0 Å². The third kappa shape index (κ3) is 4.05. The van der Waals surface area contributed by atoms with Gasteiger partial charge in [0, 0.05) is 55.0 Å². The topological polar surface area (TPSA) is 93.9 Å². The summed E-state index contributed by atoms with van der Waals surface area (Å²) in [4.78, 5) is 22.5. The third-order valence-corrected chi connectivity index (χ3v) is 6.98. The van der Waals surface area contributed by atoms with Gasteiger partial charge in [0.05, 0.1) is 11.4 Å². The van der Waals surface area contributed by atoms with Gasteiger partial charge in [-0.25, -0.2) is 9.48 Å². The number of benzene rings is 1. The van der Waals surface area contributed by atoms with E-state index in [-0.39, 0.29) is 17.8 Å².